The molecule has 8 heteroatoms. The maximum absolute atomic E-state index is 12.8. The molecule has 3 rings (SSSR count). The molecule has 0 bridgehead atoms. The van der Waals surface area contributed by atoms with E-state index in [-0.39, 0.29) is 28.0 Å². The first-order valence-corrected chi connectivity index (χ1v) is 10.2. The van der Waals surface area contributed by atoms with Crippen LogP contribution < -0.4 is 15.4 Å². The lowest BCUT2D eigenvalue weighted by atomic mass is 10.0. The standard InChI is InChI=1S/C19H21N3O4S/c1-2-11-20-19(24)15-5-3-4-6-17(15)22-27(25,26)14-8-9-16-13(12-14)7-10-18(23)21-16/h3-6,8-9,12,22H,2,7,10-11H2,1H3,(H,20,24)(H,21,23). The van der Waals surface area contributed by atoms with Crippen LogP contribution >= 0.6 is 0 Å². The first-order chi connectivity index (χ1) is 12.9. The second kappa shape index (κ2) is 7.79. The molecule has 27 heavy (non-hydrogen) atoms. The van der Waals surface area contributed by atoms with E-state index in [2.05, 4.69) is 15.4 Å². The van der Waals surface area contributed by atoms with Gasteiger partial charge in [0.05, 0.1) is 16.1 Å². The highest BCUT2D eigenvalue weighted by Gasteiger charge is 2.21. The van der Waals surface area contributed by atoms with E-state index < -0.39 is 10.0 Å². The minimum absolute atomic E-state index is 0.0803. The summed E-state index contributed by atoms with van der Waals surface area (Å²) in [6.07, 6.45) is 1.59. The number of anilines is 2. The number of hydrogen-bond acceptors (Lipinski definition) is 4. The van der Waals surface area contributed by atoms with Gasteiger partial charge in [-0.3, -0.25) is 14.3 Å². The van der Waals surface area contributed by atoms with Crippen molar-refractivity contribution in [1.82, 2.24) is 5.32 Å². The molecule has 2 amide bonds. The van der Waals surface area contributed by atoms with Crippen molar-refractivity contribution in [2.24, 2.45) is 0 Å². The Balaban J connectivity index is 1.87. The predicted molar refractivity (Wildman–Crippen MR) is 103 cm³/mol. The van der Waals surface area contributed by atoms with Crippen LogP contribution in [0.1, 0.15) is 35.7 Å². The number of hydrogen-bond donors (Lipinski definition) is 3. The molecule has 0 radical (unpaired) electrons. The quantitative estimate of drug-likeness (QED) is 0.708. The van der Waals surface area contributed by atoms with Gasteiger partial charge in [-0.05, 0) is 48.7 Å². The third kappa shape index (κ3) is 4.28. The van der Waals surface area contributed by atoms with Gasteiger partial charge in [-0.25, -0.2) is 8.42 Å². The van der Waals surface area contributed by atoms with Gasteiger partial charge in [0.15, 0.2) is 0 Å². The SMILES string of the molecule is CCCNC(=O)c1ccccc1NS(=O)(=O)c1ccc2c(c1)CCC(=O)N2. The number of para-hydroxylation sites is 1. The first-order valence-electron chi connectivity index (χ1n) is 8.73. The summed E-state index contributed by atoms with van der Waals surface area (Å²) in [7, 11) is -3.88. The number of aryl methyl sites for hydroxylation is 1. The molecule has 0 aromatic heterocycles. The van der Waals surface area contributed by atoms with E-state index in [1.807, 2.05) is 6.92 Å². The van der Waals surface area contributed by atoms with Crippen molar-refractivity contribution >= 4 is 33.2 Å². The number of amides is 2. The highest BCUT2D eigenvalue weighted by atomic mass is 32.2. The van der Waals surface area contributed by atoms with Gasteiger partial charge >= 0.3 is 0 Å². The molecule has 0 atom stereocenters. The molecule has 7 nitrogen and oxygen atoms in total. The zero-order valence-electron chi connectivity index (χ0n) is 14.9. The number of rotatable bonds is 6. The summed E-state index contributed by atoms with van der Waals surface area (Å²) in [5.41, 5.74) is 1.88. The molecule has 2 aromatic rings. The summed E-state index contributed by atoms with van der Waals surface area (Å²) in [5, 5.41) is 5.47. The van der Waals surface area contributed by atoms with E-state index in [9.17, 15) is 18.0 Å². The molecule has 0 saturated heterocycles. The second-order valence-corrected chi connectivity index (χ2v) is 7.96. The van der Waals surface area contributed by atoms with Crippen LogP contribution in [0, 0.1) is 0 Å². The van der Waals surface area contributed by atoms with Crippen LogP contribution in [0.25, 0.3) is 0 Å². The molecule has 1 aliphatic heterocycles. The Morgan fingerprint density at radius 2 is 1.93 bits per heavy atom. The molecule has 3 N–H and O–H groups in total. The van der Waals surface area contributed by atoms with E-state index >= 15 is 0 Å². The fraction of sp³-hybridized carbons (Fsp3) is 0.263. The maximum Gasteiger partial charge on any atom is 0.261 e. The van der Waals surface area contributed by atoms with Crippen molar-refractivity contribution in [2.75, 3.05) is 16.6 Å². The average Bonchev–Trinajstić information content (AvgIpc) is 2.65. The van der Waals surface area contributed by atoms with Crippen molar-refractivity contribution in [3.8, 4) is 0 Å². The molecule has 0 spiro atoms. The molecule has 1 heterocycles. The fourth-order valence-electron chi connectivity index (χ4n) is 2.83. The van der Waals surface area contributed by atoms with Gasteiger partial charge in [0.25, 0.3) is 15.9 Å². The lowest BCUT2D eigenvalue weighted by Crippen LogP contribution is -2.26. The van der Waals surface area contributed by atoms with E-state index in [1.54, 1.807) is 36.4 Å². The molecular weight excluding hydrogens is 366 g/mol. The zero-order valence-corrected chi connectivity index (χ0v) is 15.7. The zero-order chi connectivity index (χ0) is 19.4. The van der Waals surface area contributed by atoms with Crippen molar-refractivity contribution in [3.63, 3.8) is 0 Å². The minimum atomic E-state index is -3.88. The third-order valence-electron chi connectivity index (χ3n) is 4.23. The minimum Gasteiger partial charge on any atom is -0.352 e. The van der Waals surface area contributed by atoms with Crippen molar-refractivity contribution in [1.29, 1.82) is 0 Å². The van der Waals surface area contributed by atoms with E-state index in [4.69, 9.17) is 0 Å². The Kier molecular flexibility index (Phi) is 5.46. The lowest BCUT2D eigenvalue weighted by molar-refractivity contribution is -0.116. The highest BCUT2D eigenvalue weighted by molar-refractivity contribution is 7.92. The number of nitrogens with one attached hydrogen (secondary N) is 3. The summed E-state index contributed by atoms with van der Waals surface area (Å²) < 4.78 is 28.1. The summed E-state index contributed by atoms with van der Waals surface area (Å²) in [6.45, 7) is 2.45. The Labute approximate surface area is 158 Å². The van der Waals surface area contributed by atoms with Gasteiger partial charge in [0, 0.05) is 18.7 Å². The Hall–Kier alpha value is -2.87. The number of sulfonamides is 1. The predicted octanol–water partition coefficient (Wildman–Crippen LogP) is 2.51. The van der Waals surface area contributed by atoms with Gasteiger partial charge in [0.1, 0.15) is 0 Å². The topological polar surface area (TPSA) is 104 Å². The molecule has 0 fully saturated rings. The number of carbonyl (C=O) groups is 2. The number of benzene rings is 2. The number of fused-ring (bicyclic) bond motifs is 1. The number of carbonyl (C=O) groups excluding carboxylic acids is 2. The van der Waals surface area contributed by atoms with E-state index in [1.165, 1.54) is 6.07 Å². The summed E-state index contributed by atoms with van der Waals surface area (Å²) in [5.74, 6) is -0.411. The van der Waals surface area contributed by atoms with Gasteiger partial charge in [-0.1, -0.05) is 19.1 Å². The van der Waals surface area contributed by atoms with Crippen LogP contribution in [0.3, 0.4) is 0 Å². The molecule has 142 valence electrons. The Morgan fingerprint density at radius 1 is 1.15 bits per heavy atom. The van der Waals surface area contributed by atoms with Crippen LogP contribution in [-0.2, 0) is 21.2 Å². The second-order valence-electron chi connectivity index (χ2n) is 6.27. The smallest absolute Gasteiger partial charge is 0.261 e. The molecule has 0 aliphatic carbocycles. The van der Waals surface area contributed by atoms with Crippen LogP contribution in [0.5, 0.6) is 0 Å². The van der Waals surface area contributed by atoms with Crippen LogP contribution in [0.15, 0.2) is 47.4 Å². The molecule has 0 saturated carbocycles. The molecule has 1 aliphatic rings. The van der Waals surface area contributed by atoms with Gasteiger partial charge in [0.2, 0.25) is 5.91 Å². The molecule has 2 aromatic carbocycles. The summed E-state index contributed by atoms with van der Waals surface area (Å²) >= 11 is 0. The largest absolute Gasteiger partial charge is 0.352 e. The summed E-state index contributed by atoms with van der Waals surface area (Å²) in [6, 6.07) is 11.0. The lowest BCUT2D eigenvalue weighted by Gasteiger charge is -2.18. The van der Waals surface area contributed by atoms with Crippen LogP contribution in [-0.4, -0.2) is 26.8 Å². The normalized spacial score (nSPS) is 13.4. The van der Waals surface area contributed by atoms with Crippen LogP contribution in [0.4, 0.5) is 11.4 Å². The average molecular weight is 387 g/mol. The van der Waals surface area contributed by atoms with E-state index in [0.717, 1.165) is 12.0 Å². The first kappa shape index (κ1) is 18.9. The van der Waals surface area contributed by atoms with Gasteiger partial charge < -0.3 is 10.6 Å². The van der Waals surface area contributed by atoms with E-state index in [0.29, 0.717) is 25.1 Å². The van der Waals surface area contributed by atoms with Crippen LogP contribution in [0.2, 0.25) is 0 Å². The Bertz CT molecular complexity index is 986. The third-order valence-corrected chi connectivity index (χ3v) is 5.60. The highest BCUT2D eigenvalue weighted by Crippen LogP contribution is 2.27. The monoisotopic (exact) mass is 387 g/mol. The summed E-state index contributed by atoms with van der Waals surface area (Å²) in [4.78, 5) is 23.8. The van der Waals surface area contributed by atoms with Crippen molar-refractivity contribution < 1.29 is 18.0 Å². The van der Waals surface area contributed by atoms with Crippen molar-refractivity contribution in [3.05, 3.63) is 53.6 Å². The fourth-order valence-corrected chi connectivity index (χ4v) is 3.96. The van der Waals surface area contributed by atoms with Gasteiger partial charge in [-0.15, -0.1) is 0 Å². The molecule has 0 unspecified atom stereocenters. The molecular formula is C19H21N3O4S. The maximum atomic E-state index is 12.8. The Morgan fingerprint density at radius 3 is 2.70 bits per heavy atom. The van der Waals surface area contributed by atoms with Crippen molar-refractivity contribution in [2.45, 2.75) is 31.1 Å². The van der Waals surface area contributed by atoms with Gasteiger partial charge in [-0.2, -0.15) is 0 Å².